The van der Waals surface area contributed by atoms with E-state index in [2.05, 4.69) is 17.1 Å². The fraction of sp³-hybridized carbons (Fsp3) is 0.0588. The van der Waals surface area contributed by atoms with Gasteiger partial charge in [0, 0.05) is 23.3 Å². The Morgan fingerprint density at radius 2 is 1.79 bits per heavy atom. The van der Waals surface area contributed by atoms with Gasteiger partial charge in [-0.3, -0.25) is 9.78 Å². The van der Waals surface area contributed by atoms with Crippen LogP contribution >= 0.6 is 0 Å². The quantitative estimate of drug-likeness (QED) is 0.638. The molecule has 2 nitrogen and oxygen atoms in total. The van der Waals surface area contributed by atoms with E-state index in [9.17, 15) is 4.79 Å². The van der Waals surface area contributed by atoms with Crippen LogP contribution < -0.4 is 0 Å². The van der Waals surface area contributed by atoms with Crippen LogP contribution in [0, 0.1) is 0 Å². The lowest BCUT2D eigenvalue weighted by Crippen LogP contribution is -1.91. The number of carbonyl (C=O) groups excluding carboxylic acids is 1. The highest BCUT2D eigenvalue weighted by atomic mass is 16.1. The highest BCUT2D eigenvalue weighted by molar-refractivity contribution is 5.98. The molecule has 92 valence electrons. The van der Waals surface area contributed by atoms with E-state index in [1.165, 1.54) is 5.39 Å². The van der Waals surface area contributed by atoms with E-state index in [4.69, 9.17) is 0 Å². The zero-order chi connectivity index (χ0) is 13.2. The normalized spacial score (nSPS) is 10.6. The summed E-state index contributed by atoms with van der Waals surface area (Å²) >= 11 is 0. The average Bonchev–Trinajstić information content (AvgIpc) is 2.47. The molecule has 0 amide bonds. The Bertz CT molecular complexity index is 739. The van der Waals surface area contributed by atoms with Gasteiger partial charge in [-0.05, 0) is 29.5 Å². The van der Waals surface area contributed by atoms with Crippen molar-refractivity contribution in [2.45, 2.75) is 6.92 Å². The van der Waals surface area contributed by atoms with Crippen LogP contribution in [0.3, 0.4) is 0 Å². The van der Waals surface area contributed by atoms with E-state index in [-0.39, 0.29) is 5.78 Å². The topological polar surface area (TPSA) is 30.0 Å². The summed E-state index contributed by atoms with van der Waals surface area (Å²) in [7, 11) is 0. The number of pyridine rings is 1. The standard InChI is InChI=1S/C17H13NO/c1-12(19)13-5-7-14(8-6-13)16-4-2-3-15-11-18-10-9-17(15)16/h2-11H,1H3. The van der Waals surface area contributed by atoms with Crippen molar-refractivity contribution in [3.63, 3.8) is 0 Å². The maximum Gasteiger partial charge on any atom is 0.159 e. The Balaban J connectivity index is 2.16. The van der Waals surface area contributed by atoms with E-state index in [0.29, 0.717) is 0 Å². The maximum atomic E-state index is 11.3. The number of benzene rings is 2. The van der Waals surface area contributed by atoms with Gasteiger partial charge in [-0.15, -0.1) is 0 Å². The molecule has 0 radical (unpaired) electrons. The van der Waals surface area contributed by atoms with E-state index >= 15 is 0 Å². The van der Waals surface area contributed by atoms with Gasteiger partial charge in [0.25, 0.3) is 0 Å². The molecule has 0 saturated carbocycles. The molecular weight excluding hydrogens is 234 g/mol. The molecule has 1 aromatic heterocycles. The molecule has 0 N–H and O–H groups in total. The van der Waals surface area contributed by atoms with Crippen LogP contribution in [-0.4, -0.2) is 10.8 Å². The second-order valence-electron chi connectivity index (χ2n) is 4.54. The lowest BCUT2D eigenvalue weighted by molar-refractivity contribution is 0.101. The van der Waals surface area contributed by atoms with Gasteiger partial charge < -0.3 is 0 Å². The third-order valence-electron chi connectivity index (χ3n) is 3.28. The lowest BCUT2D eigenvalue weighted by Gasteiger charge is -2.07. The van der Waals surface area contributed by atoms with Gasteiger partial charge >= 0.3 is 0 Å². The van der Waals surface area contributed by atoms with Crippen LogP contribution in [0.5, 0.6) is 0 Å². The maximum absolute atomic E-state index is 11.3. The predicted molar refractivity (Wildman–Crippen MR) is 77.2 cm³/mol. The number of aromatic nitrogens is 1. The van der Waals surface area contributed by atoms with Crippen molar-refractivity contribution in [1.82, 2.24) is 4.98 Å². The van der Waals surface area contributed by atoms with Crippen LogP contribution in [-0.2, 0) is 0 Å². The molecule has 1 heterocycles. The molecular formula is C17H13NO. The number of fused-ring (bicyclic) bond motifs is 1. The number of carbonyl (C=O) groups is 1. The van der Waals surface area contributed by atoms with Gasteiger partial charge in [0.1, 0.15) is 0 Å². The van der Waals surface area contributed by atoms with Crippen molar-refractivity contribution >= 4 is 16.6 Å². The third kappa shape index (κ3) is 2.13. The zero-order valence-corrected chi connectivity index (χ0v) is 10.6. The summed E-state index contributed by atoms with van der Waals surface area (Å²) < 4.78 is 0. The summed E-state index contributed by atoms with van der Waals surface area (Å²) in [6.45, 7) is 1.58. The fourth-order valence-electron chi connectivity index (χ4n) is 2.26. The van der Waals surface area contributed by atoms with Crippen LogP contribution in [0.1, 0.15) is 17.3 Å². The van der Waals surface area contributed by atoms with E-state index < -0.39 is 0 Å². The summed E-state index contributed by atoms with van der Waals surface area (Å²) in [5, 5.41) is 2.30. The van der Waals surface area contributed by atoms with Crippen LogP contribution in [0.25, 0.3) is 21.9 Å². The number of nitrogens with zero attached hydrogens (tertiary/aromatic N) is 1. The van der Waals surface area contributed by atoms with E-state index in [1.807, 2.05) is 42.6 Å². The molecule has 0 fully saturated rings. The Hall–Kier alpha value is -2.48. The predicted octanol–water partition coefficient (Wildman–Crippen LogP) is 4.10. The number of Topliss-reactive ketones (excluding diaryl/α,β-unsaturated/α-hetero) is 1. The van der Waals surface area contributed by atoms with Crippen LogP contribution in [0.15, 0.2) is 60.9 Å². The van der Waals surface area contributed by atoms with Crippen LogP contribution in [0.2, 0.25) is 0 Å². The van der Waals surface area contributed by atoms with Crippen molar-refractivity contribution in [3.05, 3.63) is 66.5 Å². The van der Waals surface area contributed by atoms with Crippen molar-refractivity contribution < 1.29 is 4.79 Å². The summed E-state index contributed by atoms with van der Waals surface area (Å²) in [6.07, 6.45) is 3.67. The van der Waals surface area contributed by atoms with Gasteiger partial charge in [0.2, 0.25) is 0 Å². The summed E-state index contributed by atoms with van der Waals surface area (Å²) in [5.41, 5.74) is 3.02. The van der Waals surface area contributed by atoms with Crippen molar-refractivity contribution in [2.24, 2.45) is 0 Å². The number of hydrogen-bond acceptors (Lipinski definition) is 2. The van der Waals surface area contributed by atoms with Gasteiger partial charge in [-0.25, -0.2) is 0 Å². The van der Waals surface area contributed by atoms with Crippen LogP contribution in [0.4, 0.5) is 0 Å². The fourth-order valence-corrected chi connectivity index (χ4v) is 2.26. The molecule has 0 atom stereocenters. The minimum Gasteiger partial charge on any atom is -0.295 e. The van der Waals surface area contributed by atoms with Crippen molar-refractivity contribution in [3.8, 4) is 11.1 Å². The Kier molecular flexibility index (Phi) is 2.84. The molecule has 0 aliphatic carbocycles. The van der Waals surface area contributed by atoms with Gasteiger partial charge in [0.05, 0.1) is 0 Å². The Labute approximate surface area is 111 Å². The second-order valence-corrected chi connectivity index (χ2v) is 4.54. The zero-order valence-electron chi connectivity index (χ0n) is 10.6. The second kappa shape index (κ2) is 4.65. The largest absolute Gasteiger partial charge is 0.295 e. The molecule has 0 saturated heterocycles. The first-order chi connectivity index (χ1) is 9.25. The average molecular weight is 247 g/mol. The first-order valence-electron chi connectivity index (χ1n) is 6.20. The van der Waals surface area contributed by atoms with Crippen molar-refractivity contribution in [1.29, 1.82) is 0 Å². The monoisotopic (exact) mass is 247 g/mol. The molecule has 19 heavy (non-hydrogen) atoms. The molecule has 0 aliphatic heterocycles. The third-order valence-corrected chi connectivity index (χ3v) is 3.28. The SMILES string of the molecule is CC(=O)c1ccc(-c2cccc3cnccc23)cc1. The van der Waals surface area contributed by atoms with Crippen molar-refractivity contribution in [2.75, 3.05) is 0 Å². The van der Waals surface area contributed by atoms with E-state index in [1.54, 1.807) is 13.1 Å². The molecule has 0 bridgehead atoms. The summed E-state index contributed by atoms with van der Waals surface area (Å²) in [4.78, 5) is 15.4. The number of hydrogen-bond donors (Lipinski definition) is 0. The number of ketones is 1. The van der Waals surface area contributed by atoms with E-state index in [0.717, 1.165) is 22.1 Å². The van der Waals surface area contributed by atoms with Gasteiger partial charge in [0.15, 0.2) is 5.78 Å². The first kappa shape index (κ1) is 11.6. The molecule has 2 aromatic carbocycles. The Morgan fingerprint density at radius 3 is 2.53 bits per heavy atom. The summed E-state index contributed by atoms with van der Waals surface area (Å²) in [6, 6.07) is 15.9. The van der Waals surface area contributed by atoms with Gasteiger partial charge in [-0.1, -0.05) is 42.5 Å². The lowest BCUT2D eigenvalue weighted by atomic mass is 9.98. The molecule has 3 aromatic rings. The minimum absolute atomic E-state index is 0.0914. The highest BCUT2D eigenvalue weighted by Gasteiger charge is 2.04. The van der Waals surface area contributed by atoms with Gasteiger partial charge in [-0.2, -0.15) is 0 Å². The minimum atomic E-state index is 0.0914. The smallest absolute Gasteiger partial charge is 0.159 e. The highest BCUT2D eigenvalue weighted by Crippen LogP contribution is 2.28. The number of rotatable bonds is 2. The molecule has 2 heteroatoms. The molecule has 0 spiro atoms. The molecule has 0 aliphatic rings. The Morgan fingerprint density at radius 1 is 1.00 bits per heavy atom. The molecule has 0 unspecified atom stereocenters. The first-order valence-corrected chi connectivity index (χ1v) is 6.20. The molecule has 3 rings (SSSR count). The summed E-state index contributed by atoms with van der Waals surface area (Å²) in [5.74, 6) is 0.0914.